The first-order valence-corrected chi connectivity index (χ1v) is 5.95. The van der Waals surface area contributed by atoms with E-state index < -0.39 is 21.9 Å². The lowest BCUT2D eigenvalue weighted by molar-refractivity contribution is -0.131. The van der Waals surface area contributed by atoms with Gasteiger partial charge in [0.2, 0.25) is 5.91 Å². The van der Waals surface area contributed by atoms with Crippen LogP contribution in [0.4, 0.5) is 4.79 Å². The van der Waals surface area contributed by atoms with Crippen LogP contribution < -0.4 is 0 Å². The number of rotatable bonds is 2. The maximum Gasteiger partial charge on any atom is 0.417 e. The highest BCUT2D eigenvalue weighted by Crippen LogP contribution is 2.20. The Morgan fingerprint density at radius 1 is 1.29 bits per heavy atom. The second-order valence-corrected chi connectivity index (χ2v) is 7.03. The van der Waals surface area contributed by atoms with E-state index in [0.29, 0.717) is 0 Å². The van der Waals surface area contributed by atoms with Crippen molar-refractivity contribution >= 4 is 27.9 Å². The van der Waals surface area contributed by atoms with Crippen molar-refractivity contribution in [3.8, 4) is 12.3 Å². The van der Waals surface area contributed by atoms with Gasteiger partial charge in [0, 0.05) is 0 Å². The van der Waals surface area contributed by atoms with Gasteiger partial charge in [0.05, 0.1) is 10.9 Å². The van der Waals surface area contributed by atoms with Crippen molar-refractivity contribution in [2.24, 2.45) is 0 Å². The summed E-state index contributed by atoms with van der Waals surface area (Å²) in [6.07, 6.45) is 4.42. The Kier molecular flexibility index (Phi) is 5.21. The molecule has 0 spiro atoms. The van der Waals surface area contributed by atoms with E-state index in [0.717, 1.165) is 4.90 Å². The molecule has 5 heteroatoms. The average Bonchev–Trinajstić information content (AvgIpc) is 2.08. The van der Waals surface area contributed by atoms with E-state index in [1.807, 2.05) is 0 Å². The van der Waals surface area contributed by atoms with E-state index in [1.54, 1.807) is 34.6 Å². The number of terminal acetylenes is 1. The van der Waals surface area contributed by atoms with Crippen LogP contribution in [0, 0.1) is 12.3 Å². The normalized spacial score (nSPS) is 11.6. The van der Waals surface area contributed by atoms with Crippen LogP contribution >= 0.6 is 15.9 Å². The van der Waals surface area contributed by atoms with E-state index >= 15 is 0 Å². The van der Waals surface area contributed by atoms with Gasteiger partial charge in [0.25, 0.3) is 0 Å². The van der Waals surface area contributed by atoms with Gasteiger partial charge in [-0.2, -0.15) is 0 Å². The molecule has 0 radical (unpaired) electrons. The molecule has 96 valence electrons. The van der Waals surface area contributed by atoms with Crippen LogP contribution in [-0.2, 0) is 9.53 Å². The van der Waals surface area contributed by atoms with Crippen LogP contribution in [0.25, 0.3) is 0 Å². The van der Waals surface area contributed by atoms with E-state index in [4.69, 9.17) is 11.2 Å². The van der Waals surface area contributed by atoms with E-state index in [2.05, 4.69) is 21.9 Å². The molecule has 2 amide bonds. The van der Waals surface area contributed by atoms with Gasteiger partial charge in [-0.15, -0.1) is 6.42 Å². The first-order chi connectivity index (χ1) is 7.49. The predicted octanol–water partition coefficient (Wildman–Crippen LogP) is 2.56. The quantitative estimate of drug-likeness (QED) is 0.582. The first kappa shape index (κ1) is 16.0. The number of ether oxygens (including phenoxy) is 1. The molecule has 0 rings (SSSR count). The maximum atomic E-state index is 12.0. The highest BCUT2D eigenvalue weighted by atomic mass is 79.9. The fraction of sp³-hybridized carbons (Fsp3) is 0.667. The molecule has 0 unspecified atom stereocenters. The number of halogens is 1. The zero-order valence-corrected chi connectivity index (χ0v) is 12.4. The standard InChI is InChI=1S/C12H18BrNO3/c1-7-8-14(9(15)12(5,6)13)10(16)17-11(2,3)4/h1H,8H2,2-6H3. The molecule has 0 heterocycles. The third kappa shape index (κ3) is 5.73. The van der Waals surface area contributed by atoms with E-state index in [1.165, 1.54) is 0 Å². The number of hydrogen-bond donors (Lipinski definition) is 0. The molecule has 0 aromatic rings. The third-order valence-electron chi connectivity index (χ3n) is 1.62. The second kappa shape index (κ2) is 5.54. The van der Waals surface area contributed by atoms with Crippen molar-refractivity contribution in [3.05, 3.63) is 0 Å². The molecule has 0 aromatic carbocycles. The molecule has 17 heavy (non-hydrogen) atoms. The summed E-state index contributed by atoms with van der Waals surface area (Å²) < 4.78 is 4.26. The summed E-state index contributed by atoms with van der Waals surface area (Å²) in [6, 6.07) is 0. The molecular formula is C12H18BrNO3. The van der Waals surface area contributed by atoms with Crippen molar-refractivity contribution in [2.45, 2.75) is 44.5 Å². The van der Waals surface area contributed by atoms with E-state index in [-0.39, 0.29) is 6.54 Å². The van der Waals surface area contributed by atoms with Crippen LogP contribution in [0.1, 0.15) is 34.6 Å². The van der Waals surface area contributed by atoms with Crippen LogP contribution in [0.2, 0.25) is 0 Å². The number of amides is 2. The topological polar surface area (TPSA) is 46.6 Å². The Hall–Kier alpha value is -1.02. The predicted molar refractivity (Wildman–Crippen MR) is 69.8 cm³/mol. The summed E-state index contributed by atoms with van der Waals surface area (Å²) in [5.74, 6) is 1.84. The van der Waals surface area contributed by atoms with Gasteiger partial charge in [-0.25, -0.2) is 9.69 Å². The van der Waals surface area contributed by atoms with Crippen LogP contribution in [0.5, 0.6) is 0 Å². The summed E-state index contributed by atoms with van der Waals surface area (Å²) in [7, 11) is 0. The Morgan fingerprint density at radius 2 is 1.76 bits per heavy atom. The largest absolute Gasteiger partial charge is 0.443 e. The Labute approximate surface area is 111 Å². The van der Waals surface area contributed by atoms with Crippen molar-refractivity contribution in [1.82, 2.24) is 4.90 Å². The Balaban J connectivity index is 4.95. The molecule has 0 atom stereocenters. The zero-order valence-electron chi connectivity index (χ0n) is 10.8. The fourth-order valence-corrected chi connectivity index (χ4v) is 1.16. The lowest BCUT2D eigenvalue weighted by Crippen LogP contribution is -2.47. The molecule has 0 fully saturated rings. The number of alkyl halides is 1. The van der Waals surface area contributed by atoms with Crippen molar-refractivity contribution in [3.63, 3.8) is 0 Å². The number of nitrogens with zero attached hydrogens (tertiary/aromatic N) is 1. The molecule has 0 aliphatic rings. The van der Waals surface area contributed by atoms with Gasteiger partial charge in [0.1, 0.15) is 5.60 Å². The monoisotopic (exact) mass is 303 g/mol. The Bertz CT molecular complexity index is 344. The summed E-state index contributed by atoms with van der Waals surface area (Å²) in [6.45, 7) is 8.35. The van der Waals surface area contributed by atoms with Gasteiger partial charge in [0.15, 0.2) is 0 Å². The summed E-state index contributed by atoms with van der Waals surface area (Å²) in [5, 5.41) is 0. The molecule has 0 aliphatic carbocycles. The molecule has 0 saturated heterocycles. The van der Waals surface area contributed by atoms with Gasteiger partial charge in [-0.1, -0.05) is 21.9 Å². The lowest BCUT2D eigenvalue weighted by Gasteiger charge is -2.28. The number of hydrogen-bond acceptors (Lipinski definition) is 3. The molecule has 0 bridgehead atoms. The molecule has 4 nitrogen and oxygen atoms in total. The summed E-state index contributed by atoms with van der Waals surface area (Å²) >= 11 is 3.19. The van der Waals surface area contributed by atoms with Gasteiger partial charge in [-0.3, -0.25) is 4.79 Å². The lowest BCUT2D eigenvalue weighted by atomic mass is 10.2. The van der Waals surface area contributed by atoms with Crippen molar-refractivity contribution < 1.29 is 14.3 Å². The van der Waals surface area contributed by atoms with E-state index in [9.17, 15) is 9.59 Å². The van der Waals surface area contributed by atoms with Crippen LogP contribution in [0.15, 0.2) is 0 Å². The molecular weight excluding hydrogens is 286 g/mol. The van der Waals surface area contributed by atoms with Gasteiger partial charge in [-0.05, 0) is 34.6 Å². The first-order valence-electron chi connectivity index (χ1n) is 5.16. The average molecular weight is 304 g/mol. The molecule has 0 saturated carbocycles. The zero-order chi connectivity index (χ0) is 13.9. The Morgan fingerprint density at radius 3 is 2.06 bits per heavy atom. The minimum absolute atomic E-state index is 0.108. The van der Waals surface area contributed by atoms with Gasteiger partial charge >= 0.3 is 6.09 Å². The highest BCUT2D eigenvalue weighted by molar-refractivity contribution is 9.10. The minimum Gasteiger partial charge on any atom is -0.443 e. The highest BCUT2D eigenvalue weighted by Gasteiger charge is 2.34. The number of carbonyl (C=O) groups excluding carboxylic acids is 2. The third-order valence-corrected chi connectivity index (χ3v) is 1.96. The second-order valence-electron chi connectivity index (χ2n) is 5.05. The number of carbonyl (C=O) groups is 2. The van der Waals surface area contributed by atoms with Gasteiger partial charge < -0.3 is 4.74 Å². The fourth-order valence-electron chi connectivity index (χ4n) is 0.949. The smallest absolute Gasteiger partial charge is 0.417 e. The summed E-state index contributed by atoms with van der Waals surface area (Å²) in [5.41, 5.74) is -0.666. The molecule has 0 aliphatic heterocycles. The summed E-state index contributed by atoms with van der Waals surface area (Å²) in [4.78, 5) is 24.7. The van der Waals surface area contributed by atoms with Crippen molar-refractivity contribution in [2.75, 3.05) is 6.54 Å². The van der Waals surface area contributed by atoms with Crippen LogP contribution in [0.3, 0.4) is 0 Å². The molecule has 0 N–H and O–H groups in total. The number of imide groups is 1. The van der Waals surface area contributed by atoms with Crippen LogP contribution in [-0.4, -0.2) is 33.4 Å². The van der Waals surface area contributed by atoms with Crippen molar-refractivity contribution in [1.29, 1.82) is 0 Å². The molecule has 0 aromatic heterocycles. The maximum absolute atomic E-state index is 12.0. The minimum atomic E-state index is -0.860. The SMILES string of the molecule is C#CCN(C(=O)OC(C)(C)C)C(=O)C(C)(C)Br.